The van der Waals surface area contributed by atoms with E-state index < -0.39 is 0 Å². The van der Waals surface area contributed by atoms with Crippen LogP contribution < -0.4 is 0 Å². The Kier molecular flexibility index (Phi) is 5.73. The Morgan fingerprint density at radius 2 is 1.80 bits per heavy atom. The van der Waals surface area contributed by atoms with Gasteiger partial charge in [0.25, 0.3) is 0 Å². The standard InChI is InChI=1S/C7H12OS2/c1-3-5-7(10)8-6(9)4-2/h3-5H2,1-2H3. The molecule has 3 heteroatoms. The number of thiocarbonyl (C=S) groups is 2. The first-order valence-electron chi connectivity index (χ1n) is 3.44. The second-order valence-electron chi connectivity index (χ2n) is 1.95. The lowest BCUT2D eigenvalue weighted by molar-refractivity contribution is 0.539. The SMILES string of the molecule is CCCC(=S)OC(=S)CC. The van der Waals surface area contributed by atoms with Gasteiger partial charge in [-0.1, -0.05) is 13.8 Å². The van der Waals surface area contributed by atoms with Crippen molar-refractivity contribution in [3.05, 3.63) is 0 Å². The van der Waals surface area contributed by atoms with Crippen LogP contribution in [0.2, 0.25) is 0 Å². The minimum absolute atomic E-state index is 0.596. The summed E-state index contributed by atoms with van der Waals surface area (Å²) in [6.45, 7) is 4.02. The third-order valence-electron chi connectivity index (χ3n) is 0.970. The van der Waals surface area contributed by atoms with Crippen LogP contribution in [0.15, 0.2) is 0 Å². The molecule has 0 aromatic carbocycles. The predicted molar refractivity (Wildman–Crippen MR) is 51.5 cm³/mol. The maximum absolute atomic E-state index is 5.10. The fraction of sp³-hybridized carbons (Fsp3) is 0.714. The van der Waals surface area contributed by atoms with Crippen molar-refractivity contribution in [3.8, 4) is 0 Å². The zero-order valence-corrected chi connectivity index (χ0v) is 7.98. The maximum Gasteiger partial charge on any atom is 0.168 e. The molecular formula is C7H12OS2. The lowest BCUT2D eigenvalue weighted by Crippen LogP contribution is -2.06. The summed E-state index contributed by atoms with van der Waals surface area (Å²) in [6, 6.07) is 0. The van der Waals surface area contributed by atoms with Crippen molar-refractivity contribution in [2.24, 2.45) is 0 Å². The van der Waals surface area contributed by atoms with Gasteiger partial charge in [-0.15, -0.1) is 0 Å². The summed E-state index contributed by atoms with van der Waals surface area (Å²) in [7, 11) is 0. The van der Waals surface area contributed by atoms with Gasteiger partial charge in [0.1, 0.15) is 0 Å². The molecule has 0 radical (unpaired) electrons. The molecule has 0 aromatic rings. The average Bonchev–Trinajstić information content (AvgIpc) is 1.88. The van der Waals surface area contributed by atoms with Crippen LogP contribution >= 0.6 is 24.4 Å². The number of ether oxygens (including phenoxy) is 1. The van der Waals surface area contributed by atoms with Crippen molar-refractivity contribution in [2.45, 2.75) is 33.1 Å². The Labute approximate surface area is 72.8 Å². The predicted octanol–water partition coefficient (Wildman–Crippen LogP) is 2.87. The molecule has 0 heterocycles. The molecule has 0 saturated heterocycles. The fourth-order valence-corrected chi connectivity index (χ4v) is 0.912. The molecule has 0 rings (SSSR count). The topological polar surface area (TPSA) is 9.23 Å². The van der Waals surface area contributed by atoms with Gasteiger partial charge in [0, 0.05) is 12.8 Å². The van der Waals surface area contributed by atoms with E-state index in [1.54, 1.807) is 0 Å². The number of hydrogen-bond acceptors (Lipinski definition) is 3. The van der Waals surface area contributed by atoms with Gasteiger partial charge in [0.2, 0.25) is 0 Å². The van der Waals surface area contributed by atoms with Gasteiger partial charge in [0.15, 0.2) is 10.1 Å². The highest BCUT2D eigenvalue weighted by atomic mass is 32.1. The smallest absolute Gasteiger partial charge is 0.168 e. The summed E-state index contributed by atoms with van der Waals surface area (Å²) < 4.78 is 5.10. The van der Waals surface area contributed by atoms with E-state index in [1.807, 2.05) is 6.92 Å². The molecule has 0 aromatic heterocycles. The number of hydrogen-bond donors (Lipinski definition) is 0. The normalized spacial score (nSPS) is 9.00. The van der Waals surface area contributed by atoms with E-state index in [0.717, 1.165) is 19.3 Å². The second-order valence-corrected chi connectivity index (χ2v) is 2.86. The first-order valence-corrected chi connectivity index (χ1v) is 4.25. The van der Waals surface area contributed by atoms with E-state index in [0.29, 0.717) is 10.1 Å². The van der Waals surface area contributed by atoms with Gasteiger partial charge in [-0.25, -0.2) is 0 Å². The molecular weight excluding hydrogens is 164 g/mol. The van der Waals surface area contributed by atoms with Crippen molar-refractivity contribution in [2.75, 3.05) is 0 Å². The molecule has 0 bridgehead atoms. The molecule has 0 unspecified atom stereocenters. The van der Waals surface area contributed by atoms with E-state index in [1.165, 1.54) is 0 Å². The minimum Gasteiger partial charge on any atom is -0.443 e. The third kappa shape index (κ3) is 4.82. The van der Waals surface area contributed by atoms with Crippen LogP contribution in [0.4, 0.5) is 0 Å². The Morgan fingerprint density at radius 3 is 2.20 bits per heavy atom. The molecule has 1 nitrogen and oxygen atoms in total. The summed E-state index contributed by atoms with van der Waals surface area (Å²) >= 11 is 9.72. The van der Waals surface area contributed by atoms with Gasteiger partial charge in [-0.05, 0) is 30.9 Å². The lowest BCUT2D eigenvalue weighted by atomic mass is 10.4. The number of rotatable bonds is 3. The highest BCUT2D eigenvalue weighted by molar-refractivity contribution is 7.81. The van der Waals surface area contributed by atoms with Gasteiger partial charge in [0.05, 0.1) is 0 Å². The monoisotopic (exact) mass is 176 g/mol. The molecule has 0 aliphatic carbocycles. The van der Waals surface area contributed by atoms with Crippen molar-refractivity contribution in [1.82, 2.24) is 0 Å². The maximum atomic E-state index is 5.10. The summed E-state index contributed by atoms with van der Waals surface area (Å²) in [5.41, 5.74) is 0. The van der Waals surface area contributed by atoms with E-state index in [-0.39, 0.29) is 0 Å². The molecule has 10 heavy (non-hydrogen) atoms. The van der Waals surface area contributed by atoms with Crippen LogP contribution in [0, 0.1) is 0 Å². The van der Waals surface area contributed by atoms with Gasteiger partial charge in [-0.2, -0.15) is 0 Å². The van der Waals surface area contributed by atoms with Crippen LogP contribution in [-0.4, -0.2) is 10.1 Å². The zero-order valence-electron chi connectivity index (χ0n) is 6.35. The van der Waals surface area contributed by atoms with E-state index >= 15 is 0 Å². The largest absolute Gasteiger partial charge is 0.443 e. The summed E-state index contributed by atoms with van der Waals surface area (Å²) in [5, 5.41) is 1.22. The molecule has 0 atom stereocenters. The van der Waals surface area contributed by atoms with Gasteiger partial charge < -0.3 is 4.74 Å². The van der Waals surface area contributed by atoms with Crippen LogP contribution in [0.25, 0.3) is 0 Å². The van der Waals surface area contributed by atoms with Crippen molar-refractivity contribution >= 4 is 34.5 Å². The van der Waals surface area contributed by atoms with Gasteiger partial charge in [-0.3, -0.25) is 0 Å². The van der Waals surface area contributed by atoms with Crippen LogP contribution in [0.1, 0.15) is 33.1 Å². The lowest BCUT2D eigenvalue weighted by Gasteiger charge is -2.03. The fourth-order valence-electron chi connectivity index (χ4n) is 0.454. The molecule has 0 N–H and O–H groups in total. The first kappa shape index (κ1) is 9.98. The molecule has 0 fully saturated rings. The third-order valence-corrected chi connectivity index (χ3v) is 1.63. The van der Waals surface area contributed by atoms with Crippen molar-refractivity contribution in [1.29, 1.82) is 0 Å². The quantitative estimate of drug-likeness (QED) is 0.612. The summed E-state index contributed by atoms with van der Waals surface area (Å²) in [4.78, 5) is 0. The first-order chi connectivity index (χ1) is 4.70. The Hall–Kier alpha value is -0.0200. The Balaban J connectivity index is 3.47. The summed E-state index contributed by atoms with van der Waals surface area (Å²) in [5.74, 6) is 0. The highest BCUT2D eigenvalue weighted by Crippen LogP contribution is 1.97. The van der Waals surface area contributed by atoms with Crippen molar-refractivity contribution in [3.63, 3.8) is 0 Å². The highest BCUT2D eigenvalue weighted by Gasteiger charge is 1.98. The second kappa shape index (κ2) is 5.74. The van der Waals surface area contributed by atoms with Crippen LogP contribution in [-0.2, 0) is 4.74 Å². The zero-order chi connectivity index (χ0) is 7.98. The van der Waals surface area contributed by atoms with Gasteiger partial charge >= 0.3 is 0 Å². The van der Waals surface area contributed by atoms with Crippen LogP contribution in [0.5, 0.6) is 0 Å². The van der Waals surface area contributed by atoms with E-state index in [9.17, 15) is 0 Å². The van der Waals surface area contributed by atoms with E-state index in [2.05, 4.69) is 6.92 Å². The van der Waals surface area contributed by atoms with E-state index in [4.69, 9.17) is 29.2 Å². The molecule has 58 valence electrons. The average molecular weight is 176 g/mol. The van der Waals surface area contributed by atoms with Crippen molar-refractivity contribution < 1.29 is 4.74 Å². The molecule has 0 aliphatic rings. The van der Waals surface area contributed by atoms with Crippen LogP contribution in [0.3, 0.4) is 0 Å². The molecule has 0 spiro atoms. The minimum atomic E-state index is 0.596. The molecule has 0 amide bonds. The Morgan fingerprint density at radius 1 is 1.20 bits per heavy atom. The molecule has 0 saturated carbocycles. The Bertz CT molecular complexity index is 132. The molecule has 0 aliphatic heterocycles. The summed E-state index contributed by atoms with van der Waals surface area (Å²) in [6.07, 6.45) is 2.61.